The van der Waals surface area contributed by atoms with Crippen molar-refractivity contribution < 1.29 is 17.9 Å². The largest absolute Gasteiger partial charge is 0.454 e. The maximum Gasteiger partial charge on any atom is 0.338 e. The minimum atomic E-state index is -3.47. The molecule has 10 heteroatoms. The number of hydrogen-bond donors (Lipinski definition) is 2. The smallest absolute Gasteiger partial charge is 0.338 e. The molecule has 158 valence electrons. The van der Waals surface area contributed by atoms with Crippen LogP contribution in [-0.4, -0.2) is 30.6 Å². The summed E-state index contributed by atoms with van der Waals surface area (Å²) in [5, 5.41) is 0.471. The van der Waals surface area contributed by atoms with Gasteiger partial charge < -0.3 is 9.72 Å². The number of benzene rings is 2. The second-order valence-electron chi connectivity index (χ2n) is 6.74. The van der Waals surface area contributed by atoms with Gasteiger partial charge in [-0.15, -0.1) is 11.3 Å². The van der Waals surface area contributed by atoms with Crippen LogP contribution in [0.15, 0.2) is 65.5 Å². The number of rotatable bonds is 6. The van der Waals surface area contributed by atoms with Gasteiger partial charge in [-0.2, -0.15) is 0 Å². The Bertz CT molecular complexity index is 1430. The molecule has 0 fully saturated rings. The highest BCUT2D eigenvalue weighted by Crippen LogP contribution is 2.30. The zero-order chi connectivity index (χ0) is 22.0. The number of aromatic nitrogens is 2. The number of anilines is 1. The summed E-state index contributed by atoms with van der Waals surface area (Å²) in [4.78, 5) is 33.3. The lowest BCUT2D eigenvalue weighted by Gasteiger charge is -2.07. The Hall–Kier alpha value is -3.50. The highest BCUT2D eigenvalue weighted by molar-refractivity contribution is 7.92. The fourth-order valence-corrected chi connectivity index (χ4v) is 4.54. The van der Waals surface area contributed by atoms with Gasteiger partial charge in [0.25, 0.3) is 5.56 Å². The number of H-pyrrole nitrogens is 1. The predicted octanol–water partition coefficient (Wildman–Crippen LogP) is 3.38. The third-order valence-electron chi connectivity index (χ3n) is 4.25. The Kier molecular flexibility index (Phi) is 5.57. The number of fused-ring (bicyclic) bond motifs is 1. The lowest BCUT2D eigenvalue weighted by atomic mass is 10.2. The van der Waals surface area contributed by atoms with Crippen LogP contribution in [0, 0.1) is 0 Å². The predicted molar refractivity (Wildman–Crippen MR) is 120 cm³/mol. The zero-order valence-electron chi connectivity index (χ0n) is 16.3. The molecule has 0 bridgehead atoms. The van der Waals surface area contributed by atoms with Crippen LogP contribution in [0.1, 0.15) is 16.2 Å². The molecule has 0 aliphatic rings. The summed E-state index contributed by atoms with van der Waals surface area (Å²) in [5.74, 6) is -0.450. The molecule has 0 unspecified atom stereocenters. The lowest BCUT2D eigenvalue weighted by Crippen LogP contribution is -2.14. The first-order valence-corrected chi connectivity index (χ1v) is 11.8. The molecule has 4 aromatic rings. The van der Waals surface area contributed by atoms with E-state index in [-0.39, 0.29) is 29.2 Å². The molecule has 0 atom stereocenters. The van der Waals surface area contributed by atoms with Gasteiger partial charge >= 0.3 is 5.97 Å². The van der Waals surface area contributed by atoms with Crippen molar-refractivity contribution in [1.29, 1.82) is 0 Å². The number of aromatic amines is 1. The van der Waals surface area contributed by atoms with Crippen LogP contribution in [-0.2, 0) is 21.4 Å². The van der Waals surface area contributed by atoms with E-state index in [9.17, 15) is 18.0 Å². The van der Waals surface area contributed by atoms with Crippen molar-refractivity contribution in [2.75, 3.05) is 11.0 Å². The van der Waals surface area contributed by atoms with Gasteiger partial charge in [0.05, 0.1) is 17.2 Å². The van der Waals surface area contributed by atoms with Gasteiger partial charge in [0.1, 0.15) is 17.3 Å². The Morgan fingerprint density at radius 2 is 1.90 bits per heavy atom. The van der Waals surface area contributed by atoms with Crippen LogP contribution in [0.2, 0.25) is 0 Å². The van der Waals surface area contributed by atoms with Crippen LogP contribution in [0.5, 0.6) is 0 Å². The quantitative estimate of drug-likeness (QED) is 0.430. The number of hydrogen-bond acceptors (Lipinski definition) is 7. The Morgan fingerprint density at radius 1 is 1.13 bits per heavy atom. The van der Waals surface area contributed by atoms with Crippen molar-refractivity contribution in [1.82, 2.24) is 9.97 Å². The molecule has 2 N–H and O–H groups in total. The van der Waals surface area contributed by atoms with Gasteiger partial charge in [0.15, 0.2) is 0 Å². The highest BCUT2D eigenvalue weighted by Gasteiger charge is 2.13. The number of sulfonamides is 1. The van der Waals surface area contributed by atoms with Crippen LogP contribution >= 0.6 is 11.3 Å². The number of nitrogens with zero attached hydrogens (tertiary/aromatic N) is 1. The summed E-state index contributed by atoms with van der Waals surface area (Å²) in [6.45, 7) is -0.230. The number of thiophene rings is 1. The molecular formula is C21H17N3O5S2. The summed E-state index contributed by atoms with van der Waals surface area (Å²) in [6, 6.07) is 17.4. The summed E-state index contributed by atoms with van der Waals surface area (Å²) in [5.41, 5.74) is 1.09. The molecule has 0 aliphatic carbocycles. The van der Waals surface area contributed by atoms with Crippen LogP contribution < -0.4 is 10.3 Å². The van der Waals surface area contributed by atoms with Crippen LogP contribution in [0.4, 0.5) is 5.69 Å². The molecule has 31 heavy (non-hydrogen) atoms. The first-order valence-electron chi connectivity index (χ1n) is 9.12. The average Bonchev–Trinajstić information content (AvgIpc) is 3.16. The first-order chi connectivity index (χ1) is 14.8. The minimum absolute atomic E-state index is 0.166. The van der Waals surface area contributed by atoms with Crippen LogP contribution in [0.3, 0.4) is 0 Å². The van der Waals surface area contributed by atoms with E-state index in [0.717, 1.165) is 16.7 Å². The summed E-state index contributed by atoms with van der Waals surface area (Å²) < 4.78 is 30.3. The third-order valence-corrected chi connectivity index (χ3v) is 5.94. The SMILES string of the molecule is CS(=O)(=O)Nc1cccc(C(=O)OCc2nc3sc(-c4ccccc4)cc3c(=O)[nH]2)c1. The molecule has 4 rings (SSSR count). The topological polar surface area (TPSA) is 118 Å². The Morgan fingerprint density at radius 3 is 2.65 bits per heavy atom. The fourth-order valence-electron chi connectivity index (χ4n) is 2.93. The van der Waals surface area contributed by atoms with Crippen molar-refractivity contribution >= 4 is 43.2 Å². The third kappa shape index (κ3) is 4.98. The van der Waals surface area contributed by atoms with Gasteiger partial charge in [0, 0.05) is 10.6 Å². The molecule has 0 saturated carbocycles. The number of ether oxygens (including phenoxy) is 1. The fraction of sp³-hybridized carbons (Fsp3) is 0.0952. The molecule has 2 aromatic carbocycles. The van der Waals surface area contributed by atoms with E-state index in [4.69, 9.17) is 4.74 Å². The number of nitrogens with one attached hydrogen (secondary N) is 2. The van der Waals surface area contributed by atoms with Gasteiger partial charge in [-0.1, -0.05) is 36.4 Å². The van der Waals surface area contributed by atoms with Gasteiger partial charge in [-0.3, -0.25) is 9.52 Å². The van der Waals surface area contributed by atoms with Gasteiger partial charge in [-0.05, 0) is 29.8 Å². The van der Waals surface area contributed by atoms with Crippen molar-refractivity contribution in [3.05, 3.63) is 82.4 Å². The molecule has 0 spiro atoms. The second kappa shape index (κ2) is 8.32. The molecule has 0 amide bonds. The van der Waals surface area contributed by atoms with E-state index >= 15 is 0 Å². The normalized spacial score (nSPS) is 11.4. The first kappa shape index (κ1) is 20.8. The number of carbonyl (C=O) groups excluding carboxylic acids is 1. The summed E-state index contributed by atoms with van der Waals surface area (Å²) in [7, 11) is -3.47. The summed E-state index contributed by atoms with van der Waals surface area (Å²) >= 11 is 1.38. The van der Waals surface area contributed by atoms with E-state index in [0.29, 0.717) is 10.2 Å². The van der Waals surface area contributed by atoms with E-state index in [2.05, 4.69) is 14.7 Å². The molecule has 0 aliphatic heterocycles. The highest BCUT2D eigenvalue weighted by atomic mass is 32.2. The van der Waals surface area contributed by atoms with E-state index in [1.807, 2.05) is 30.3 Å². The molecule has 2 heterocycles. The Balaban J connectivity index is 1.52. The Labute approximate surface area is 181 Å². The second-order valence-corrected chi connectivity index (χ2v) is 9.52. The number of carbonyl (C=O) groups is 1. The van der Waals surface area contributed by atoms with Gasteiger partial charge in [-0.25, -0.2) is 18.2 Å². The molecule has 2 aromatic heterocycles. The van der Waals surface area contributed by atoms with Crippen molar-refractivity contribution in [2.24, 2.45) is 0 Å². The van der Waals surface area contributed by atoms with E-state index in [1.165, 1.54) is 35.6 Å². The maximum atomic E-state index is 12.4. The van der Waals surface area contributed by atoms with E-state index in [1.54, 1.807) is 6.07 Å². The van der Waals surface area contributed by atoms with Crippen molar-refractivity contribution in [2.45, 2.75) is 6.61 Å². The zero-order valence-corrected chi connectivity index (χ0v) is 17.9. The lowest BCUT2D eigenvalue weighted by molar-refractivity contribution is 0.0462. The standard InChI is InChI=1S/C21H17N3O5S2/c1-31(27,28)24-15-9-5-8-14(10-15)21(26)29-12-18-22-19(25)16-11-17(30-20(16)23-18)13-6-3-2-4-7-13/h2-11,24H,12H2,1H3,(H,22,23,25). The average molecular weight is 456 g/mol. The molecule has 0 radical (unpaired) electrons. The monoisotopic (exact) mass is 455 g/mol. The van der Waals surface area contributed by atoms with Crippen molar-refractivity contribution in [3.8, 4) is 10.4 Å². The summed E-state index contributed by atoms with van der Waals surface area (Å²) in [6.07, 6.45) is 1.02. The van der Waals surface area contributed by atoms with Crippen molar-refractivity contribution in [3.63, 3.8) is 0 Å². The van der Waals surface area contributed by atoms with Crippen LogP contribution in [0.25, 0.3) is 20.7 Å². The maximum absolute atomic E-state index is 12.4. The molecular weight excluding hydrogens is 438 g/mol. The molecule has 8 nitrogen and oxygen atoms in total. The minimum Gasteiger partial charge on any atom is -0.454 e. The molecule has 0 saturated heterocycles. The number of esters is 1. The van der Waals surface area contributed by atoms with Gasteiger partial charge in [0.2, 0.25) is 10.0 Å². The van der Waals surface area contributed by atoms with E-state index < -0.39 is 16.0 Å².